The minimum Gasteiger partial charge on any atom is -0.0651 e. The molecule has 0 heteroatoms. The lowest BCUT2D eigenvalue weighted by molar-refractivity contribution is 0.183. The summed E-state index contributed by atoms with van der Waals surface area (Å²) in [7, 11) is 0. The van der Waals surface area contributed by atoms with Gasteiger partial charge in [0, 0.05) is 0 Å². The molecule has 1 unspecified atom stereocenters. The summed E-state index contributed by atoms with van der Waals surface area (Å²) in [5.41, 5.74) is 0. The van der Waals surface area contributed by atoms with Crippen LogP contribution >= 0.6 is 0 Å². The van der Waals surface area contributed by atoms with Gasteiger partial charge in [-0.05, 0) is 42.9 Å². The average Bonchev–Trinajstić information content (AvgIpc) is 2.60. The van der Waals surface area contributed by atoms with Crippen LogP contribution in [0.3, 0.4) is 0 Å². The lowest BCUT2D eigenvalue weighted by Crippen LogP contribution is -2.23. The summed E-state index contributed by atoms with van der Waals surface area (Å²) in [5, 5.41) is 0. The molecule has 2 saturated carbocycles. The van der Waals surface area contributed by atoms with Crippen molar-refractivity contribution in [3.05, 3.63) is 0 Å². The van der Waals surface area contributed by atoms with Crippen LogP contribution in [-0.2, 0) is 0 Å². The van der Waals surface area contributed by atoms with E-state index < -0.39 is 0 Å². The second-order valence-corrected chi connectivity index (χ2v) is 5.34. The molecule has 0 spiro atoms. The number of rotatable bonds is 2. The molecule has 4 atom stereocenters. The number of fused-ring (bicyclic) bond motifs is 1. The molecule has 2 fully saturated rings. The van der Waals surface area contributed by atoms with Crippen LogP contribution in [0.5, 0.6) is 0 Å². The van der Waals surface area contributed by atoms with Crippen molar-refractivity contribution in [2.45, 2.75) is 58.8 Å². The molecule has 76 valence electrons. The van der Waals surface area contributed by atoms with Gasteiger partial charge in [0.05, 0.1) is 0 Å². The van der Waals surface area contributed by atoms with E-state index in [0.717, 1.165) is 23.7 Å². The summed E-state index contributed by atoms with van der Waals surface area (Å²) in [6.07, 6.45) is 10.7. The first-order chi connectivity index (χ1) is 6.33. The lowest BCUT2D eigenvalue weighted by atomic mass is 9.74. The topological polar surface area (TPSA) is 0 Å². The smallest absolute Gasteiger partial charge is 0.0355 e. The van der Waals surface area contributed by atoms with Gasteiger partial charge >= 0.3 is 0 Å². The van der Waals surface area contributed by atoms with Crippen LogP contribution in [0.25, 0.3) is 0 Å². The van der Waals surface area contributed by atoms with Crippen molar-refractivity contribution in [2.24, 2.45) is 23.7 Å². The van der Waals surface area contributed by atoms with Gasteiger partial charge in [-0.2, -0.15) is 0 Å². The van der Waals surface area contributed by atoms with E-state index in [1.54, 1.807) is 25.7 Å². The lowest BCUT2D eigenvalue weighted by Gasteiger charge is -2.32. The average molecular weight is 180 g/mol. The molecule has 0 aromatic heterocycles. The summed E-state index contributed by atoms with van der Waals surface area (Å²) < 4.78 is 0. The maximum Gasteiger partial charge on any atom is -0.0355 e. The number of hydrogen-bond acceptors (Lipinski definition) is 0. The zero-order valence-electron chi connectivity index (χ0n) is 9.26. The van der Waals surface area contributed by atoms with E-state index in [9.17, 15) is 0 Å². The summed E-state index contributed by atoms with van der Waals surface area (Å²) in [6.45, 7) is 4.84. The van der Waals surface area contributed by atoms with Crippen molar-refractivity contribution >= 4 is 0 Å². The van der Waals surface area contributed by atoms with Gasteiger partial charge in [0.15, 0.2) is 0 Å². The minimum atomic E-state index is 0.994. The van der Waals surface area contributed by atoms with E-state index in [1.807, 2.05) is 0 Å². The van der Waals surface area contributed by atoms with Gasteiger partial charge in [0.1, 0.15) is 0 Å². The van der Waals surface area contributed by atoms with E-state index in [0.29, 0.717) is 0 Å². The van der Waals surface area contributed by atoms with Crippen LogP contribution in [0, 0.1) is 23.7 Å². The molecular weight excluding hydrogens is 156 g/mol. The minimum absolute atomic E-state index is 0.994. The van der Waals surface area contributed by atoms with Crippen molar-refractivity contribution in [3.63, 3.8) is 0 Å². The Balaban J connectivity index is 1.98. The van der Waals surface area contributed by atoms with Gasteiger partial charge in [-0.25, -0.2) is 0 Å². The highest BCUT2D eigenvalue weighted by atomic mass is 14.4. The molecule has 0 amide bonds. The predicted octanol–water partition coefficient (Wildman–Crippen LogP) is 4.25. The van der Waals surface area contributed by atoms with Gasteiger partial charge in [0.2, 0.25) is 0 Å². The summed E-state index contributed by atoms with van der Waals surface area (Å²) in [4.78, 5) is 0. The largest absolute Gasteiger partial charge is 0.0651 e. The van der Waals surface area contributed by atoms with Crippen LogP contribution in [0.4, 0.5) is 0 Å². The second kappa shape index (κ2) is 4.02. The SMILES string of the molecule is CC[C@@H](C)[C@H]1CCC2CCCC[C@H]21. The second-order valence-electron chi connectivity index (χ2n) is 5.34. The summed E-state index contributed by atoms with van der Waals surface area (Å²) in [5.74, 6) is 4.35. The number of hydrogen-bond donors (Lipinski definition) is 0. The Hall–Kier alpha value is 0. The van der Waals surface area contributed by atoms with Crippen LogP contribution in [-0.4, -0.2) is 0 Å². The molecule has 0 aliphatic heterocycles. The van der Waals surface area contributed by atoms with E-state index in [4.69, 9.17) is 0 Å². The molecule has 0 saturated heterocycles. The van der Waals surface area contributed by atoms with E-state index in [-0.39, 0.29) is 0 Å². The van der Waals surface area contributed by atoms with Gasteiger partial charge < -0.3 is 0 Å². The van der Waals surface area contributed by atoms with Crippen LogP contribution in [0.1, 0.15) is 58.8 Å². The first-order valence-corrected chi connectivity index (χ1v) is 6.33. The van der Waals surface area contributed by atoms with Crippen LogP contribution < -0.4 is 0 Å². The van der Waals surface area contributed by atoms with Crippen molar-refractivity contribution in [1.29, 1.82) is 0 Å². The predicted molar refractivity (Wildman–Crippen MR) is 57.6 cm³/mol. The van der Waals surface area contributed by atoms with Crippen LogP contribution in [0.2, 0.25) is 0 Å². The van der Waals surface area contributed by atoms with Crippen LogP contribution in [0.15, 0.2) is 0 Å². The molecule has 0 nitrogen and oxygen atoms in total. The normalized spacial score (nSPS) is 41.5. The van der Waals surface area contributed by atoms with Crippen molar-refractivity contribution in [2.75, 3.05) is 0 Å². The molecule has 13 heavy (non-hydrogen) atoms. The Bertz CT molecular complexity index is 161. The van der Waals surface area contributed by atoms with Crippen molar-refractivity contribution < 1.29 is 0 Å². The molecule has 0 bridgehead atoms. The zero-order chi connectivity index (χ0) is 9.26. The van der Waals surface area contributed by atoms with Gasteiger partial charge in [-0.15, -0.1) is 0 Å². The Morgan fingerprint density at radius 2 is 1.85 bits per heavy atom. The molecule has 0 radical (unpaired) electrons. The molecule has 0 N–H and O–H groups in total. The molecule has 0 aromatic rings. The Morgan fingerprint density at radius 3 is 2.62 bits per heavy atom. The first kappa shape index (κ1) is 9.55. The van der Waals surface area contributed by atoms with E-state index >= 15 is 0 Å². The summed E-state index contributed by atoms with van der Waals surface area (Å²) >= 11 is 0. The molecule has 2 rings (SSSR count). The molecule has 2 aliphatic carbocycles. The maximum atomic E-state index is 2.47. The van der Waals surface area contributed by atoms with Gasteiger partial charge in [-0.1, -0.05) is 39.5 Å². The van der Waals surface area contributed by atoms with E-state index in [1.165, 1.54) is 19.3 Å². The quantitative estimate of drug-likeness (QED) is 0.596. The standard InChI is InChI=1S/C13H24/c1-3-10(2)12-9-8-11-6-4-5-7-13(11)12/h10-13H,3-9H2,1-2H3/t10-,11?,12-,13-/m1/s1. The van der Waals surface area contributed by atoms with Crippen molar-refractivity contribution in [1.82, 2.24) is 0 Å². The Kier molecular flexibility index (Phi) is 2.96. The van der Waals surface area contributed by atoms with E-state index in [2.05, 4.69) is 13.8 Å². The highest BCUT2D eigenvalue weighted by Gasteiger charge is 2.38. The van der Waals surface area contributed by atoms with Gasteiger partial charge in [0.25, 0.3) is 0 Å². The third-order valence-corrected chi connectivity index (χ3v) is 4.76. The Labute approximate surface area is 83.1 Å². The zero-order valence-corrected chi connectivity index (χ0v) is 9.26. The van der Waals surface area contributed by atoms with Crippen molar-refractivity contribution in [3.8, 4) is 0 Å². The highest BCUT2D eigenvalue weighted by Crippen LogP contribution is 2.48. The molecular formula is C13H24. The fourth-order valence-electron chi connectivity index (χ4n) is 3.79. The molecule has 0 aromatic carbocycles. The van der Waals surface area contributed by atoms with Gasteiger partial charge in [-0.3, -0.25) is 0 Å². The molecule has 2 aliphatic rings. The fraction of sp³-hybridized carbons (Fsp3) is 1.00. The highest BCUT2D eigenvalue weighted by molar-refractivity contribution is 4.89. The molecule has 0 heterocycles. The fourth-order valence-corrected chi connectivity index (χ4v) is 3.79. The summed E-state index contributed by atoms with van der Waals surface area (Å²) in [6, 6.07) is 0. The first-order valence-electron chi connectivity index (χ1n) is 6.33. The monoisotopic (exact) mass is 180 g/mol. The third-order valence-electron chi connectivity index (χ3n) is 4.76. The third kappa shape index (κ3) is 1.78. The Morgan fingerprint density at radius 1 is 1.08 bits per heavy atom. The maximum absolute atomic E-state index is 2.47.